The van der Waals surface area contributed by atoms with E-state index in [1.807, 2.05) is 14.1 Å². The SMILES string of the molecule is [B]C(=O)[C@@H](C)N(C)C. The van der Waals surface area contributed by atoms with Gasteiger partial charge in [-0.25, -0.2) is 0 Å². The van der Waals surface area contributed by atoms with Crippen molar-refractivity contribution in [1.29, 1.82) is 0 Å². The quantitative estimate of drug-likeness (QED) is 0.453. The maximum atomic E-state index is 10.3. The highest BCUT2D eigenvalue weighted by Gasteiger charge is 2.06. The van der Waals surface area contributed by atoms with Crippen LogP contribution in [0.2, 0.25) is 0 Å². The summed E-state index contributed by atoms with van der Waals surface area (Å²) >= 11 is 0. The number of carbonyl (C=O) groups excluding carboxylic acids is 1. The molecule has 0 aromatic rings. The predicted molar refractivity (Wildman–Crippen MR) is 33.9 cm³/mol. The van der Waals surface area contributed by atoms with Crippen molar-refractivity contribution in [3.63, 3.8) is 0 Å². The highest BCUT2D eigenvalue weighted by Crippen LogP contribution is 1.88. The van der Waals surface area contributed by atoms with Crippen LogP contribution in [0.15, 0.2) is 0 Å². The lowest BCUT2D eigenvalue weighted by atomic mass is 9.96. The molecule has 0 amide bonds. The smallest absolute Gasteiger partial charge is 0.170 e. The van der Waals surface area contributed by atoms with Gasteiger partial charge in [-0.1, -0.05) is 0 Å². The third kappa shape index (κ3) is 2.12. The Morgan fingerprint density at radius 2 is 2.00 bits per heavy atom. The number of likely N-dealkylation sites (N-methyl/N-ethyl adjacent to an activating group) is 1. The molecule has 2 nitrogen and oxygen atoms in total. The molecule has 0 aromatic carbocycles. The lowest BCUT2D eigenvalue weighted by Gasteiger charge is -2.15. The Hall–Kier alpha value is -0.305. The molecule has 3 heteroatoms. The molecule has 0 aromatic heterocycles. The third-order valence-electron chi connectivity index (χ3n) is 1.19. The maximum absolute atomic E-state index is 10.3. The van der Waals surface area contributed by atoms with Crippen LogP contribution in [0.4, 0.5) is 0 Å². The van der Waals surface area contributed by atoms with Gasteiger partial charge in [-0.2, -0.15) is 0 Å². The van der Waals surface area contributed by atoms with Crippen LogP contribution in [0.3, 0.4) is 0 Å². The second-order valence-electron chi connectivity index (χ2n) is 2.04. The fourth-order valence-corrected chi connectivity index (χ4v) is 0.254. The average molecular weight is 111 g/mol. The van der Waals surface area contributed by atoms with Crippen LogP contribution >= 0.6 is 0 Å². The van der Waals surface area contributed by atoms with E-state index in [4.69, 9.17) is 7.85 Å². The molecule has 0 N–H and O–H groups in total. The molecule has 0 spiro atoms. The van der Waals surface area contributed by atoms with Gasteiger partial charge >= 0.3 is 0 Å². The maximum Gasteiger partial charge on any atom is 0.170 e. The molecule has 0 aliphatic carbocycles. The number of carbonyl (C=O) groups is 1. The molecule has 44 valence electrons. The molecule has 8 heavy (non-hydrogen) atoms. The summed E-state index contributed by atoms with van der Waals surface area (Å²) in [5.74, 6) is 0. The first kappa shape index (κ1) is 7.69. The molecule has 0 unspecified atom stereocenters. The number of rotatable bonds is 2. The molecular weight excluding hydrogens is 101 g/mol. The zero-order valence-corrected chi connectivity index (χ0v) is 5.51. The summed E-state index contributed by atoms with van der Waals surface area (Å²) in [5, 5.41) is 0. The number of hydrogen-bond acceptors (Lipinski definition) is 2. The minimum atomic E-state index is -0.282. The molecule has 0 heterocycles. The summed E-state index contributed by atoms with van der Waals surface area (Å²) in [6.45, 7) is 1.77. The van der Waals surface area contributed by atoms with E-state index >= 15 is 0 Å². The number of nitrogens with zero attached hydrogens (tertiary/aromatic N) is 1. The minimum absolute atomic E-state index is 0.157. The van der Waals surface area contributed by atoms with E-state index in [1.165, 1.54) is 0 Å². The van der Waals surface area contributed by atoms with E-state index in [-0.39, 0.29) is 11.7 Å². The van der Waals surface area contributed by atoms with Crippen molar-refractivity contribution in [2.75, 3.05) is 14.1 Å². The topological polar surface area (TPSA) is 20.3 Å². The first-order chi connectivity index (χ1) is 3.55. The van der Waals surface area contributed by atoms with Gasteiger partial charge in [0.1, 0.15) is 0 Å². The lowest BCUT2D eigenvalue weighted by Crippen LogP contribution is -2.32. The fraction of sp³-hybridized carbons (Fsp3) is 0.800. The monoisotopic (exact) mass is 111 g/mol. The van der Waals surface area contributed by atoms with E-state index in [0.717, 1.165) is 0 Å². The third-order valence-corrected chi connectivity index (χ3v) is 1.19. The van der Waals surface area contributed by atoms with Crippen molar-refractivity contribution in [3.05, 3.63) is 0 Å². The first-order valence-corrected chi connectivity index (χ1v) is 2.51. The molecule has 1 atom stereocenters. The Morgan fingerprint density at radius 3 is 2.00 bits per heavy atom. The van der Waals surface area contributed by atoms with Gasteiger partial charge in [0.15, 0.2) is 7.85 Å². The Bertz CT molecular complexity index is 92.4. The van der Waals surface area contributed by atoms with Crippen molar-refractivity contribution in [2.24, 2.45) is 0 Å². The molecule has 0 aliphatic heterocycles. The molecule has 0 aliphatic rings. The second-order valence-corrected chi connectivity index (χ2v) is 2.04. The fourth-order valence-electron chi connectivity index (χ4n) is 0.254. The summed E-state index contributed by atoms with van der Waals surface area (Å²) in [6.07, 6.45) is 0. The van der Waals surface area contributed by atoms with E-state index in [1.54, 1.807) is 11.8 Å². The van der Waals surface area contributed by atoms with Gasteiger partial charge in [0.2, 0.25) is 0 Å². The Balaban J connectivity index is 3.64. The van der Waals surface area contributed by atoms with E-state index in [0.29, 0.717) is 0 Å². The highest BCUT2D eigenvalue weighted by atomic mass is 16.1. The van der Waals surface area contributed by atoms with Gasteiger partial charge in [0, 0.05) is 0 Å². The van der Waals surface area contributed by atoms with Gasteiger partial charge in [-0.15, -0.1) is 0 Å². The molecule has 0 bridgehead atoms. The normalized spacial score (nSPS) is 14.0. The number of hydrogen-bond donors (Lipinski definition) is 0. The summed E-state index contributed by atoms with van der Waals surface area (Å²) in [4.78, 5) is 12.1. The lowest BCUT2D eigenvalue weighted by molar-refractivity contribution is -0.115. The van der Waals surface area contributed by atoms with E-state index in [9.17, 15) is 4.79 Å². The van der Waals surface area contributed by atoms with Crippen molar-refractivity contribution < 1.29 is 4.79 Å². The van der Waals surface area contributed by atoms with Gasteiger partial charge in [0.25, 0.3) is 0 Å². The molecule has 0 saturated heterocycles. The Morgan fingerprint density at radius 1 is 1.62 bits per heavy atom. The molecule has 0 fully saturated rings. The molecule has 0 saturated carbocycles. The van der Waals surface area contributed by atoms with Crippen LogP contribution in [0.1, 0.15) is 6.92 Å². The second kappa shape index (κ2) is 2.87. The van der Waals surface area contributed by atoms with E-state index < -0.39 is 0 Å². The van der Waals surface area contributed by atoms with Gasteiger partial charge in [-0.3, -0.25) is 0 Å². The zero-order chi connectivity index (χ0) is 6.73. The minimum Gasteiger partial charge on any atom is -0.311 e. The molecular formula is C5H10BNO. The van der Waals surface area contributed by atoms with Crippen LogP contribution in [-0.2, 0) is 4.79 Å². The van der Waals surface area contributed by atoms with Gasteiger partial charge < -0.3 is 9.69 Å². The first-order valence-electron chi connectivity index (χ1n) is 2.51. The molecule has 0 rings (SSSR count). The van der Waals surface area contributed by atoms with Crippen LogP contribution in [0.5, 0.6) is 0 Å². The van der Waals surface area contributed by atoms with Crippen molar-refractivity contribution in [2.45, 2.75) is 13.0 Å². The average Bonchev–Trinajstić information content (AvgIpc) is 1.64. The van der Waals surface area contributed by atoms with Crippen molar-refractivity contribution >= 4 is 13.5 Å². The standard InChI is InChI=1S/C5H10BNO/c1-4(5(6)8)7(2)3/h4H,1-3H3/t4-/m1/s1. The van der Waals surface area contributed by atoms with Crippen LogP contribution in [-0.4, -0.2) is 38.6 Å². The highest BCUT2D eigenvalue weighted by molar-refractivity contribution is 6.58. The summed E-state index contributed by atoms with van der Waals surface area (Å²) in [7, 11) is 8.59. The summed E-state index contributed by atoms with van der Waals surface area (Å²) < 4.78 is 0. The summed E-state index contributed by atoms with van der Waals surface area (Å²) in [5.41, 5.74) is -0.282. The van der Waals surface area contributed by atoms with Crippen LogP contribution in [0, 0.1) is 0 Å². The predicted octanol–water partition coefficient (Wildman–Crippen LogP) is -0.368. The Labute approximate surface area is 51.3 Å². The summed E-state index contributed by atoms with van der Waals surface area (Å²) in [6, 6.07) is -0.157. The van der Waals surface area contributed by atoms with E-state index in [2.05, 4.69) is 0 Å². The zero-order valence-electron chi connectivity index (χ0n) is 5.51. The largest absolute Gasteiger partial charge is 0.311 e. The van der Waals surface area contributed by atoms with Gasteiger partial charge in [0.05, 0.1) is 11.7 Å². The Kier molecular flexibility index (Phi) is 2.76. The van der Waals surface area contributed by atoms with Gasteiger partial charge in [-0.05, 0) is 21.0 Å². The van der Waals surface area contributed by atoms with Crippen LogP contribution < -0.4 is 0 Å². The van der Waals surface area contributed by atoms with Crippen molar-refractivity contribution in [3.8, 4) is 0 Å². The van der Waals surface area contributed by atoms with Crippen molar-refractivity contribution in [1.82, 2.24) is 4.90 Å². The molecule has 2 radical (unpaired) electrons. The van der Waals surface area contributed by atoms with Crippen LogP contribution in [0.25, 0.3) is 0 Å².